The summed E-state index contributed by atoms with van der Waals surface area (Å²) in [5.74, 6) is 0. The third-order valence-electron chi connectivity index (χ3n) is 1.17. The lowest BCUT2D eigenvalue weighted by molar-refractivity contribution is -0.384. The van der Waals surface area contributed by atoms with Gasteiger partial charge in [0, 0.05) is 11.1 Å². The number of halogens is 3. The van der Waals surface area contributed by atoms with E-state index in [1.165, 1.54) is 6.07 Å². The van der Waals surface area contributed by atoms with Gasteiger partial charge in [-0.2, -0.15) is 0 Å². The Morgan fingerprint density at radius 2 is 1.83 bits per heavy atom. The Balaban J connectivity index is 3.37. The summed E-state index contributed by atoms with van der Waals surface area (Å²) in [5, 5.41) is 10.5. The van der Waals surface area contributed by atoms with Crippen LogP contribution in [0.5, 0.6) is 0 Å². The zero-order valence-corrected chi connectivity index (χ0v) is 7.82. The van der Waals surface area contributed by atoms with E-state index in [0.29, 0.717) is 0 Å². The Morgan fingerprint density at radius 3 is 2.33 bits per heavy atom. The van der Waals surface area contributed by atoms with Crippen LogP contribution >= 0.6 is 34.8 Å². The Kier molecular flexibility index (Phi) is 2.77. The minimum Gasteiger partial charge on any atom is -0.258 e. The highest BCUT2D eigenvalue weighted by atomic mass is 35.5. The van der Waals surface area contributed by atoms with E-state index in [0.717, 1.165) is 6.07 Å². The molecule has 6 heteroatoms. The summed E-state index contributed by atoms with van der Waals surface area (Å²) in [6, 6.07) is 2.49. The van der Waals surface area contributed by atoms with Gasteiger partial charge in [0.2, 0.25) is 0 Å². The van der Waals surface area contributed by atoms with Crippen molar-refractivity contribution in [3.63, 3.8) is 0 Å². The fraction of sp³-hybridized carbons (Fsp3) is 0. The fourth-order valence-electron chi connectivity index (χ4n) is 0.675. The average Bonchev–Trinajstić information content (AvgIpc) is 1.96. The summed E-state index contributed by atoms with van der Waals surface area (Å²) < 4.78 is 0. The van der Waals surface area contributed by atoms with Crippen LogP contribution in [0.4, 0.5) is 5.69 Å². The maximum absolute atomic E-state index is 10.3. The van der Waals surface area contributed by atoms with E-state index in [1.807, 2.05) is 0 Å². The molecule has 0 unspecified atom stereocenters. The number of hydrogen-bond donors (Lipinski definition) is 0. The zero-order chi connectivity index (χ0) is 9.30. The van der Waals surface area contributed by atoms with Gasteiger partial charge in [0.25, 0.3) is 5.69 Å². The molecule has 1 aromatic rings. The molecular weight excluding hydrogens is 224 g/mol. The van der Waals surface area contributed by atoms with Crippen molar-refractivity contribution >= 4 is 40.5 Å². The average molecular weight is 226 g/mol. The van der Waals surface area contributed by atoms with Crippen molar-refractivity contribution in [1.82, 2.24) is 0 Å². The van der Waals surface area contributed by atoms with E-state index in [9.17, 15) is 10.1 Å². The second-order valence-corrected chi connectivity index (χ2v) is 3.20. The van der Waals surface area contributed by atoms with Crippen molar-refractivity contribution in [1.29, 1.82) is 0 Å². The van der Waals surface area contributed by atoms with Crippen LogP contribution < -0.4 is 0 Å². The number of benzene rings is 1. The minimum atomic E-state index is -0.639. The van der Waals surface area contributed by atoms with Crippen molar-refractivity contribution < 1.29 is 4.92 Å². The molecule has 0 aromatic heterocycles. The van der Waals surface area contributed by atoms with Crippen LogP contribution in [0.15, 0.2) is 12.1 Å². The van der Waals surface area contributed by atoms with Crippen LogP contribution in [-0.4, -0.2) is 4.92 Å². The fourth-order valence-corrected chi connectivity index (χ4v) is 1.34. The molecule has 0 aliphatic carbocycles. The predicted molar refractivity (Wildman–Crippen MR) is 48.1 cm³/mol. The first-order valence-electron chi connectivity index (χ1n) is 2.81. The highest BCUT2D eigenvalue weighted by Gasteiger charge is 2.16. The topological polar surface area (TPSA) is 43.1 Å². The lowest BCUT2D eigenvalue weighted by Gasteiger charge is -1.97. The lowest BCUT2D eigenvalue weighted by atomic mass is 10.3. The molecule has 0 radical (unpaired) electrons. The highest BCUT2D eigenvalue weighted by Crippen LogP contribution is 2.34. The summed E-state index contributed by atoms with van der Waals surface area (Å²) in [4.78, 5) is 9.69. The first kappa shape index (κ1) is 9.58. The first-order chi connectivity index (χ1) is 5.52. The molecule has 0 amide bonds. The van der Waals surface area contributed by atoms with Crippen LogP contribution in [0, 0.1) is 10.1 Å². The molecule has 0 bridgehead atoms. The van der Waals surface area contributed by atoms with Crippen molar-refractivity contribution in [3.8, 4) is 0 Å². The summed E-state index contributed by atoms with van der Waals surface area (Å²) in [5.41, 5.74) is -0.283. The van der Waals surface area contributed by atoms with Gasteiger partial charge in [-0.3, -0.25) is 10.1 Å². The molecule has 0 N–H and O–H groups in total. The zero-order valence-electron chi connectivity index (χ0n) is 5.55. The molecule has 0 aliphatic rings. The summed E-state index contributed by atoms with van der Waals surface area (Å²) in [6.45, 7) is 0. The van der Waals surface area contributed by atoms with Crippen LogP contribution in [0.3, 0.4) is 0 Å². The minimum absolute atomic E-state index is 0.0795. The molecule has 0 saturated heterocycles. The van der Waals surface area contributed by atoms with Crippen LogP contribution in [0.2, 0.25) is 15.1 Å². The summed E-state index contributed by atoms with van der Waals surface area (Å²) in [7, 11) is 0. The number of nitro groups is 1. The van der Waals surface area contributed by atoms with E-state index in [2.05, 4.69) is 0 Å². The van der Waals surface area contributed by atoms with Gasteiger partial charge in [-0.25, -0.2) is 0 Å². The molecule has 1 rings (SSSR count). The number of rotatable bonds is 1. The second-order valence-electron chi connectivity index (χ2n) is 1.98. The molecular formula is C6H2Cl3NO2. The van der Waals surface area contributed by atoms with Crippen molar-refractivity contribution in [2.75, 3.05) is 0 Å². The van der Waals surface area contributed by atoms with Gasteiger partial charge >= 0.3 is 0 Å². The maximum atomic E-state index is 10.3. The Morgan fingerprint density at radius 1 is 1.25 bits per heavy atom. The van der Waals surface area contributed by atoms with Gasteiger partial charge in [-0.15, -0.1) is 0 Å². The molecule has 3 nitrogen and oxygen atoms in total. The lowest BCUT2D eigenvalue weighted by Crippen LogP contribution is -1.89. The molecule has 0 fully saturated rings. The molecule has 64 valence electrons. The van der Waals surface area contributed by atoms with Gasteiger partial charge in [0.15, 0.2) is 0 Å². The van der Waals surface area contributed by atoms with Crippen molar-refractivity contribution in [2.45, 2.75) is 0 Å². The SMILES string of the molecule is O=[N+]([O-])c1cc(Cl)cc(Cl)c1Cl. The normalized spacial score (nSPS) is 9.92. The van der Waals surface area contributed by atoms with Crippen LogP contribution in [0.25, 0.3) is 0 Å². The van der Waals surface area contributed by atoms with Crippen molar-refractivity contribution in [2.24, 2.45) is 0 Å². The molecule has 1 aromatic carbocycles. The number of hydrogen-bond acceptors (Lipinski definition) is 2. The van der Waals surface area contributed by atoms with Crippen LogP contribution in [-0.2, 0) is 0 Å². The molecule has 12 heavy (non-hydrogen) atoms. The smallest absolute Gasteiger partial charge is 0.258 e. The van der Waals surface area contributed by atoms with Gasteiger partial charge in [-0.1, -0.05) is 34.8 Å². The third-order valence-corrected chi connectivity index (χ3v) is 2.18. The van der Waals surface area contributed by atoms with Gasteiger partial charge in [-0.05, 0) is 6.07 Å². The monoisotopic (exact) mass is 225 g/mol. The van der Waals surface area contributed by atoms with Gasteiger partial charge < -0.3 is 0 Å². The Labute approximate surface area is 83.0 Å². The van der Waals surface area contributed by atoms with Crippen LogP contribution in [0.1, 0.15) is 0 Å². The van der Waals surface area contributed by atoms with E-state index in [4.69, 9.17) is 34.8 Å². The van der Waals surface area contributed by atoms with E-state index >= 15 is 0 Å². The Hall–Kier alpha value is -0.510. The largest absolute Gasteiger partial charge is 0.290 e. The molecule has 0 aliphatic heterocycles. The first-order valence-corrected chi connectivity index (χ1v) is 3.94. The Bertz CT molecular complexity index is 340. The standard InChI is InChI=1S/C6H2Cl3NO2/c7-3-1-4(8)6(9)5(2-3)10(11)12/h1-2H. The number of nitrogens with zero attached hydrogens (tertiary/aromatic N) is 1. The third kappa shape index (κ3) is 1.80. The summed E-state index contributed by atoms with van der Waals surface area (Å²) in [6.07, 6.45) is 0. The molecule has 0 heterocycles. The van der Waals surface area contributed by atoms with E-state index in [1.54, 1.807) is 0 Å². The highest BCUT2D eigenvalue weighted by molar-refractivity contribution is 6.44. The molecule has 0 saturated carbocycles. The maximum Gasteiger partial charge on any atom is 0.290 e. The van der Waals surface area contributed by atoms with Crippen molar-refractivity contribution in [3.05, 3.63) is 37.3 Å². The van der Waals surface area contributed by atoms with E-state index < -0.39 is 4.92 Å². The summed E-state index contributed by atoms with van der Waals surface area (Å²) >= 11 is 16.6. The van der Waals surface area contributed by atoms with Gasteiger partial charge in [0.1, 0.15) is 5.02 Å². The van der Waals surface area contributed by atoms with E-state index in [-0.39, 0.29) is 20.8 Å². The molecule has 0 spiro atoms. The van der Waals surface area contributed by atoms with Gasteiger partial charge in [0.05, 0.1) is 9.95 Å². The quantitative estimate of drug-likeness (QED) is 0.417. The predicted octanol–water partition coefficient (Wildman–Crippen LogP) is 3.55. The molecule has 0 atom stereocenters. The second kappa shape index (κ2) is 3.47. The number of nitro benzene ring substituents is 1.